The molecule has 4 heteroatoms. The van der Waals surface area contributed by atoms with Gasteiger partial charge in [-0.05, 0) is 60.4 Å². The summed E-state index contributed by atoms with van der Waals surface area (Å²) in [5.74, 6) is 0.648. The molecule has 0 saturated carbocycles. The molecule has 142 valence electrons. The Morgan fingerprint density at radius 3 is 2.78 bits per heavy atom. The third-order valence-corrected chi connectivity index (χ3v) is 6.45. The maximum absolute atomic E-state index is 13.4. The number of carbonyl (C=O) groups is 1. The molecule has 0 aromatic heterocycles. The summed E-state index contributed by atoms with van der Waals surface area (Å²) < 4.78 is 0. The highest BCUT2D eigenvalue weighted by molar-refractivity contribution is 6.32. The van der Waals surface area contributed by atoms with Gasteiger partial charge in [0.25, 0.3) is 5.91 Å². The van der Waals surface area contributed by atoms with Crippen LogP contribution in [0.15, 0.2) is 36.4 Å². The van der Waals surface area contributed by atoms with E-state index in [1.54, 1.807) is 6.07 Å². The van der Waals surface area contributed by atoms with E-state index in [1.807, 2.05) is 19.9 Å². The van der Waals surface area contributed by atoms with Crippen LogP contribution in [0, 0.1) is 0 Å². The molecule has 4 rings (SSSR count). The number of halogens is 1. The van der Waals surface area contributed by atoms with E-state index in [-0.39, 0.29) is 28.6 Å². The van der Waals surface area contributed by atoms with Gasteiger partial charge >= 0.3 is 0 Å². The fourth-order valence-electron chi connectivity index (χ4n) is 4.81. The third-order valence-electron chi connectivity index (χ3n) is 6.17. The van der Waals surface area contributed by atoms with Gasteiger partial charge in [0.1, 0.15) is 5.75 Å². The van der Waals surface area contributed by atoms with Crippen molar-refractivity contribution in [2.75, 3.05) is 6.54 Å². The highest BCUT2D eigenvalue weighted by atomic mass is 35.5. The minimum Gasteiger partial charge on any atom is -0.506 e. The molecule has 2 aliphatic rings. The molecule has 3 nitrogen and oxygen atoms in total. The van der Waals surface area contributed by atoms with E-state index in [0.717, 1.165) is 37.8 Å². The molecule has 1 heterocycles. The number of hydrogen-bond acceptors (Lipinski definition) is 2. The molecule has 2 aromatic carbocycles. The van der Waals surface area contributed by atoms with Crippen molar-refractivity contribution in [3.8, 4) is 5.75 Å². The first-order valence-electron chi connectivity index (χ1n) is 9.88. The fourth-order valence-corrected chi connectivity index (χ4v) is 5.03. The Morgan fingerprint density at radius 2 is 2.00 bits per heavy atom. The maximum Gasteiger partial charge on any atom is 0.254 e. The van der Waals surface area contributed by atoms with Crippen LogP contribution in [0.2, 0.25) is 5.02 Å². The average Bonchev–Trinajstić information content (AvgIpc) is 2.68. The number of carbonyl (C=O) groups excluding carboxylic acids is 1. The Labute approximate surface area is 166 Å². The van der Waals surface area contributed by atoms with Crippen LogP contribution < -0.4 is 0 Å². The lowest BCUT2D eigenvalue weighted by Gasteiger charge is -2.45. The van der Waals surface area contributed by atoms with Gasteiger partial charge in [-0.3, -0.25) is 4.79 Å². The van der Waals surface area contributed by atoms with E-state index in [0.29, 0.717) is 11.5 Å². The Bertz CT molecular complexity index is 877. The number of rotatable bonds is 2. The molecule has 1 amide bonds. The van der Waals surface area contributed by atoms with E-state index in [1.165, 1.54) is 11.1 Å². The van der Waals surface area contributed by atoms with E-state index >= 15 is 0 Å². The second kappa shape index (κ2) is 7.20. The average molecular weight is 384 g/mol. The first-order chi connectivity index (χ1) is 13.0. The zero-order valence-corrected chi connectivity index (χ0v) is 16.7. The highest BCUT2D eigenvalue weighted by Crippen LogP contribution is 2.41. The van der Waals surface area contributed by atoms with Gasteiger partial charge in [0.15, 0.2) is 0 Å². The maximum atomic E-state index is 13.4. The van der Waals surface area contributed by atoms with Crippen molar-refractivity contribution in [1.29, 1.82) is 0 Å². The summed E-state index contributed by atoms with van der Waals surface area (Å²) in [7, 11) is 0. The van der Waals surface area contributed by atoms with Crippen molar-refractivity contribution in [3.05, 3.63) is 63.7 Å². The topological polar surface area (TPSA) is 40.5 Å². The molecule has 1 aliphatic heterocycles. The zero-order valence-electron chi connectivity index (χ0n) is 15.9. The van der Waals surface area contributed by atoms with Crippen LogP contribution in [-0.2, 0) is 6.42 Å². The number of amides is 1. The summed E-state index contributed by atoms with van der Waals surface area (Å²) >= 11 is 6.23. The first-order valence-corrected chi connectivity index (χ1v) is 10.3. The number of likely N-dealkylation sites (tertiary alicyclic amines) is 1. The number of aryl methyl sites for hydroxylation is 1. The fraction of sp³-hybridized carbons (Fsp3) is 0.435. The molecular formula is C23H26ClNO2. The van der Waals surface area contributed by atoms with Gasteiger partial charge in [-0.2, -0.15) is 0 Å². The Hall–Kier alpha value is -2.00. The molecule has 0 bridgehead atoms. The predicted molar refractivity (Wildman–Crippen MR) is 109 cm³/mol. The standard InChI is InChI=1S/C23H26ClNO2/c1-14(2)19-12-16(13-20(24)22(19)26)23(27)25-11-5-8-18-17-7-4-3-6-15(17)9-10-21(18)25/h3-4,6-7,12-14,18,21,26H,5,8-11H2,1-2H3. The van der Waals surface area contributed by atoms with Crippen LogP contribution in [0.4, 0.5) is 0 Å². The van der Waals surface area contributed by atoms with Crippen molar-refractivity contribution in [1.82, 2.24) is 4.90 Å². The number of hydrogen-bond donors (Lipinski definition) is 1. The summed E-state index contributed by atoms with van der Waals surface area (Å²) in [5, 5.41) is 10.5. The molecular weight excluding hydrogens is 358 g/mol. The van der Waals surface area contributed by atoms with Crippen LogP contribution in [0.1, 0.15) is 72.0 Å². The number of fused-ring (bicyclic) bond motifs is 3. The smallest absolute Gasteiger partial charge is 0.254 e. The number of benzene rings is 2. The van der Waals surface area contributed by atoms with Gasteiger partial charge in [-0.1, -0.05) is 49.7 Å². The van der Waals surface area contributed by atoms with Gasteiger partial charge in [0.05, 0.1) is 5.02 Å². The summed E-state index contributed by atoms with van der Waals surface area (Å²) in [6.07, 6.45) is 4.19. The normalized spacial score (nSPS) is 21.7. The first kappa shape index (κ1) is 18.4. The molecule has 1 saturated heterocycles. The van der Waals surface area contributed by atoms with Crippen LogP contribution in [0.5, 0.6) is 5.75 Å². The number of aromatic hydroxyl groups is 1. The van der Waals surface area contributed by atoms with Crippen molar-refractivity contribution >= 4 is 17.5 Å². The van der Waals surface area contributed by atoms with Gasteiger partial charge in [-0.15, -0.1) is 0 Å². The highest BCUT2D eigenvalue weighted by Gasteiger charge is 2.38. The third kappa shape index (κ3) is 3.23. The van der Waals surface area contributed by atoms with Gasteiger partial charge in [0.2, 0.25) is 0 Å². The van der Waals surface area contributed by atoms with E-state index in [4.69, 9.17) is 11.6 Å². The van der Waals surface area contributed by atoms with E-state index in [2.05, 4.69) is 29.2 Å². The number of piperidine rings is 1. The number of phenols is 1. The molecule has 2 atom stereocenters. The van der Waals surface area contributed by atoms with E-state index in [9.17, 15) is 9.90 Å². The lowest BCUT2D eigenvalue weighted by atomic mass is 9.74. The SMILES string of the molecule is CC(C)c1cc(C(=O)N2CCCC3c4ccccc4CCC32)cc(Cl)c1O. The summed E-state index contributed by atoms with van der Waals surface area (Å²) in [4.78, 5) is 15.4. The lowest BCUT2D eigenvalue weighted by Crippen LogP contribution is -2.49. The summed E-state index contributed by atoms with van der Waals surface area (Å²) in [6, 6.07) is 12.3. The Kier molecular flexibility index (Phi) is 4.90. The lowest BCUT2D eigenvalue weighted by molar-refractivity contribution is 0.0546. The molecule has 2 unspecified atom stereocenters. The Balaban J connectivity index is 1.67. The second-order valence-corrected chi connectivity index (χ2v) is 8.51. The molecule has 0 radical (unpaired) electrons. The minimum absolute atomic E-state index is 0.0351. The molecule has 1 aliphatic carbocycles. The molecule has 0 spiro atoms. The Morgan fingerprint density at radius 1 is 1.22 bits per heavy atom. The quantitative estimate of drug-likeness (QED) is 0.743. The van der Waals surface area contributed by atoms with Crippen LogP contribution in [0.25, 0.3) is 0 Å². The van der Waals surface area contributed by atoms with Crippen LogP contribution in [0.3, 0.4) is 0 Å². The van der Waals surface area contributed by atoms with Crippen molar-refractivity contribution in [2.45, 2.75) is 57.4 Å². The predicted octanol–water partition coefficient (Wildman–Crippen LogP) is 5.50. The zero-order chi connectivity index (χ0) is 19.1. The van der Waals surface area contributed by atoms with Gasteiger partial charge in [0, 0.05) is 24.1 Å². The van der Waals surface area contributed by atoms with Gasteiger partial charge < -0.3 is 10.0 Å². The molecule has 2 aromatic rings. The number of nitrogens with zero attached hydrogens (tertiary/aromatic N) is 1. The number of phenolic OH excluding ortho intramolecular Hbond substituents is 1. The van der Waals surface area contributed by atoms with E-state index < -0.39 is 0 Å². The van der Waals surface area contributed by atoms with Crippen molar-refractivity contribution in [3.63, 3.8) is 0 Å². The molecule has 1 N–H and O–H groups in total. The molecule has 1 fully saturated rings. The monoisotopic (exact) mass is 383 g/mol. The van der Waals surface area contributed by atoms with Crippen molar-refractivity contribution < 1.29 is 9.90 Å². The van der Waals surface area contributed by atoms with Gasteiger partial charge in [-0.25, -0.2) is 0 Å². The largest absolute Gasteiger partial charge is 0.506 e. The molecule has 27 heavy (non-hydrogen) atoms. The van der Waals surface area contributed by atoms with Crippen LogP contribution >= 0.6 is 11.6 Å². The van der Waals surface area contributed by atoms with Crippen molar-refractivity contribution in [2.24, 2.45) is 0 Å². The second-order valence-electron chi connectivity index (χ2n) is 8.10. The summed E-state index contributed by atoms with van der Waals surface area (Å²) in [6.45, 7) is 4.78. The van der Waals surface area contributed by atoms with Crippen LogP contribution in [-0.4, -0.2) is 28.5 Å². The minimum atomic E-state index is 0.0351. The summed E-state index contributed by atoms with van der Waals surface area (Å²) in [5.41, 5.74) is 4.16.